The van der Waals surface area contributed by atoms with Gasteiger partial charge in [-0.05, 0) is 50.5 Å². The standard InChI is InChI=1S/C21H35N3O3/c1-2-3-8-17-9-10-19(20(26)22-11-12-25)24(17)21(27)18-13-15-6-4-5-7-16(15)14-23-18/h12,15-19,23H,2-11,13-14H2,1H3,(H,22,26)/t15-,16?,17+,18?,19+/m1/s1. The molecule has 6 heteroatoms. The molecule has 2 N–H and O–H groups in total. The summed E-state index contributed by atoms with van der Waals surface area (Å²) in [6.07, 6.45) is 11.4. The molecule has 0 bridgehead atoms. The van der Waals surface area contributed by atoms with E-state index in [-0.39, 0.29) is 30.4 Å². The Bertz CT molecular complexity index is 539. The molecular formula is C21H35N3O3. The van der Waals surface area contributed by atoms with Crippen LogP contribution in [-0.2, 0) is 14.4 Å². The summed E-state index contributed by atoms with van der Waals surface area (Å²) in [6.45, 7) is 3.10. The van der Waals surface area contributed by atoms with E-state index in [1.807, 2.05) is 4.90 Å². The average Bonchev–Trinajstić information content (AvgIpc) is 3.13. The Hall–Kier alpha value is -1.43. The lowest BCUT2D eigenvalue weighted by Gasteiger charge is -2.42. The molecule has 0 aromatic carbocycles. The van der Waals surface area contributed by atoms with Gasteiger partial charge in [0.1, 0.15) is 12.3 Å². The van der Waals surface area contributed by atoms with E-state index in [1.54, 1.807) is 0 Å². The Labute approximate surface area is 162 Å². The largest absolute Gasteiger partial charge is 0.348 e. The molecule has 2 heterocycles. The average molecular weight is 378 g/mol. The molecular weight excluding hydrogens is 342 g/mol. The van der Waals surface area contributed by atoms with Crippen LogP contribution in [-0.4, -0.2) is 54.2 Å². The molecule has 27 heavy (non-hydrogen) atoms. The van der Waals surface area contributed by atoms with Crippen molar-refractivity contribution in [2.45, 2.75) is 89.3 Å². The molecule has 0 aromatic rings. The number of rotatable bonds is 7. The van der Waals surface area contributed by atoms with Gasteiger partial charge in [-0.25, -0.2) is 0 Å². The third kappa shape index (κ3) is 4.71. The van der Waals surface area contributed by atoms with Gasteiger partial charge in [-0.2, -0.15) is 0 Å². The second-order valence-electron chi connectivity index (χ2n) is 8.55. The minimum atomic E-state index is -0.426. The minimum Gasteiger partial charge on any atom is -0.348 e. The maximum absolute atomic E-state index is 13.5. The molecule has 2 unspecified atom stereocenters. The number of hydrogen-bond acceptors (Lipinski definition) is 4. The lowest BCUT2D eigenvalue weighted by atomic mass is 9.73. The zero-order valence-corrected chi connectivity index (χ0v) is 16.6. The van der Waals surface area contributed by atoms with E-state index in [0.717, 1.165) is 38.6 Å². The van der Waals surface area contributed by atoms with Crippen LogP contribution in [0.3, 0.4) is 0 Å². The van der Waals surface area contributed by atoms with Crippen LogP contribution in [0.1, 0.15) is 71.1 Å². The van der Waals surface area contributed by atoms with Crippen LogP contribution in [0.2, 0.25) is 0 Å². The summed E-state index contributed by atoms with van der Waals surface area (Å²) >= 11 is 0. The van der Waals surface area contributed by atoms with E-state index >= 15 is 0 Å². The fourth-order valence-electron chi connectivity index (χ4n) is 5.37. The second kappa shape index (κ2) is 9.67. The summed E-state index contributed by atoms with van der Waals surface area (Å²) in [5.41, 5.74) is 0. The van der Waals surface area contributed by atoms with Gasteiger partial charge in [0.25, 0.3) is 0 Å². The van der Waals surface area contributed by atoms with Crippen LogP contribution in [0, 0.1) is 11.8 Å². The van der Waals surface area contributed by atoms with Crippen molar-refractivity contribution in [3.05, 3.63) is 0 Å². The highest BCUT2D eigenvalue weighted by Gasteiger charge is 2.44. The molecule has 3 aliphatic rings. The number of hydrogen-bond donors (Lipinski definition) is 2. The summed E-state index contributed by atoms with van der Waals surface area (Å²) in [4.78, 5) is 38.5. The van der Waals surface area contributed by atoms with E-state index in [9.17, 15) is 14.4 Å². The van der Waals surface area contributed by atoms with E-state index in [0.29, 0.717) is 24.5 Å². The lowest BCUT2D eigenvalue weighted by molar-refractivity contribution is -0.143. The highest BCUT2D eigenvalue weighted by Crippen LogP contribution is 2.37. The number of nitrogens with one attached hydrogen (secondary N) is 2. The van der Waals surface area contributed by atoms with Gasteiger partial charge in [0, 0.05) is 6.04 Å². The number of amides is 2. The predicted molar refractivity (Wildman–Crippen MR) is 104 cm³/mol. The van der Waals surface area contributed by atoms with Crippen LogP contribution in [0.5, 0.6) is 0 Å². The van der Waals surface area contributed by atoms with E-state index in [4.69, 9.17) is 0 Å². The number of nitrogens with zero attached hydrogens (tertiary/aromatic N) is 1. The monoisotopic (exact) mass is 377 g/mol. The molecule has 2 amide bonds. The number of piperidine rings is 1. The molecule has 1 saturated carbocycles. The van der Waals surface area contributed by atoms with Crippen molar-refractivity contribution in [3.8, 4) is 0 Å². The van der Waals surface area contributed by atoms with Gasteiger partial charge in [0.05, 0.1) is 12.6 Å². The van der Waals surface area contributed by atoms with Crippen LogP contribution in [0.4, 0.5) is 0 Å². The summed E-state index contributed by atoms with van der Waals surface area (Å²) in [5, 5.41) is 6.16. The summed E-state index contributed by atoms with van der Waals surface area (Å²) < 4.78 is 0. The van der Waals surface area contributed by atoms with Crippen LogP contribution < -0.4 is 10.6 Å². The zero-order chi connectivity index (χ0) is 19.2. The number of carbonyl (C=O) groups excluding carboxylic acids is 3. The zero-order valence-electron chi connectivity index (χ0n) is 16.6. The molecule has 152 valence electrons. The molecule has 2 aliphatic heterocycles. The lowest BCUT2D eigenvalue weighted by Crippen LogP contribution is -2.58. The number of carbonyl (C=O) groups is 3. The number of fused-ring (bicyclic) bond motifs is 1. The van der Waals surface area contributed by atoms with Crippen LogP contribution >= 0.6 is 0 Å². The van der Waals surface area contributed by atoms with Gasteiger partial charge < -0.3 is 20.3 Å². The molecule has 1 aliphatic carbocycles. The molecule has 0 radical (unpaired) electrons. The second-order valence-corrected chi connectivity index (χ2v) is 8.55. The fraction of sp³-hybridized carbons (Fsp3) is 0.857. The van der Waals surface area contributed by atoms with Crippen molar-refractivity contribution in [2.24, 2.45) is 11.8 Å². The SMILES string of the molecule is CCCC[C@H]1CC[C@@H](C(=O)NCC=O)N1C(=O)C1C[C@H]2CCCCC2CN1. The third-order valence-corrected chi connectivity index (χ3v) is 6.84. The van der Waals surface area contributed by atoms with Crippen molar-refractivity contribution in [1.29, 1.82) is 0 Å². The van der Waals surface area contributed by atoms with Gasteiger partial charge in [-0.1, -0.05) is 39.0 Å². The number of likely N-dealkylation sites (tertiary alicyclic amines) is 1. The predicted octanol–water partition coefficient (Wildman–Crippen LogP) is 2.02. The van der Waals surface area contributed by atoms with Gasteiger partial charge in [-0.3, -0.25) is 9.59 Å². The molecule has 3 rings (SSSR count). The summed E-state index contributed by atoms with van der Waals surface area (Å²) in [5.74, 6) is 1.28. The fourth-order valence-corrected chi connectivity index (χ4v) is 5.37. The van der Waals surface area contributed by atoms with Crippen molar-refractivity contribution in [3.63, 3.8) is 0 Å². The first kappa shape index (κ1) is 20.3. The molecule has 0 aromatic heterocycles. The van der Waals surface area contributed by atoms with Gasteiger partial charge in [0.2, 0.25) is 11.8 Å². The van der Waals surface area contributed by atoms with Gasteiger partial charge >= 0.3 is 0 Å². The summed E-state index contributed by atoms with van der Waals surface area (Å²) in [7, 11) is 0. The van der Waals surface area contributed by atoms with Gasteiger partial charge in [-0.15, -0.1) is 0 Å². The topological polar surface area (TPSA) is 78.5 Å². The van der Waals surface area contributed by atoms with E-state index in [2.05, 4.69) is 17.6 Å². The Balaban J connectivity index is 1.70. The smallest absolute Gasteiger partial charge is 0.243 e. The molecule has 6 nitrogen and oxygen atoms in total. The molecule has 3 fully saturated rings. The van der Waals surface area contributed by atoms with Crippen molar-refractivity contribution < 1.29 is 14.4 Å². The quantitative estimate of drug-likeness (QED) is 0.666. The van der Waals surface area contributed by atoms with Crippen molar-refractivity contribution in [1.82, 2.24) is 15.5 Å². The molecule has 5 atom stereocenters. The molecule has 2 saturated heterocycles. The van der Waals surface area contributed by atoms with Gasteiger partial charge in [0.15, 0.2) is 0 Å². The highest BCUT2D eigenvalue weighted by atomic mass is 16.2. The Morgan fingerprint density at radius 2 is 1.93 bits per heavy atom. The number of aldehydes is 1. The highest BCUT2D eigenvalue weighted by molar-refractivity contribution is 5.91. The maximum Gasteiger partial charge on any atom is 0.243 e. The molecule has 0 spiro atoms. The first-order valence-corrected chi connectivity index (χ1v) is 10.9. The maximum atomic E-state index is 13.5. The first-order valence-electron chi connectivity index (χ1n) is 10.9. The Morgan fingerprint density at radius 1 is 1.15 bits per heavy atom. The third-order valence-electron chi connectivity index (χ3n) is 6.84. The van der Waals surface area contributed by atoms with E-state index in [1.165, 1.54) is 25.7 Å². The number of unbranched alkanes of at least 4 members (excludes halogenated alkanes) is 1. The van der Waals surface area contributed by atoms with Crippen LogP contribution in [0.25, 0.3) is 0 Å². The summed E-state index contributed by atoms with van der Waals surface area (Å²) in [6, 6.07) is -0.437. The normalized spacial score (nSPS) is 33.4. The Morgan fingerprint density at radius 3 is 2.67 bits per heavy atom. The van der Waals surface area contributed by atoms with E-state index < -0.39 is 6.04 Å². The van der Waals surface area contributed by atoms with Crippen LogP contribution in [0.15, 0.2) is 0 Å². The van der Waals surface area contributed by atoms with Crippen molar-refractivity contribution in [2.75, 3.05) is 13.1 Å². The first-order chi connectivity index (χ1) is 13.2. The minimum absolute atomic E-state index is 0.0163. The Kier molecular flexibility index (Phi) is 7.27. The van der Waals surface area contributed by atoms with Crippen molar-refractivity contribution >= 4 is 18.1 Å².